The molecule has 0 saturated carbocycles. The second-order valence-electron chi connectivity index (χ2n) is 7.54. The molecule has 4 rings (SSSR count). The molecular weight excluding hydrogens is 308 g/mol. The average molecular weight is 334 g/mol. The summed E-state index contributed by atoms with van der Waals surface area (Å²) < 4.78 is 0. The van der Waals surface area contributed by atoms with E-state index in [-0.39, 0.29) is 11.8 Å². The third-order valence-electron chi connectivity index (χ3n) is 5.57. The molecular formula is C22H26N2O. The number of rotatable bonds is 3. The summed E-state index contributed by atoms with van der Waals surface area (Å²) in [6.45, 7) is 4.94. The van der Waals surface area contributed by atoms with Gasteiger partial charge in [-0.25, -0.2) is 0 Å². The Morgan fingerprint density at radius 1 is 1.08 bits per heavy atom. The first-order valence-electron chi connectivity index (χ1n) is 9.37. The number of fused-ring (bicyclic) bond motifs is 3. The summed E-state index contributed by atoms with van der Waals surface area (Å²) in [5.41, 5.74) is 5.21. The number of hydrogen-bond acceptors (Lipinski definition) is 2. The molecule has 2 aliphatic rings. The maximum Gasteiger partial charge on any atom is 0.224 e. The van der Waals surface area contributed by atoms with Crippen LogP contribution in [-0.2, 0) is 11.3 Å². The third kappa shape index (κ3) is 3.62. The second kappa shape index (κ2) is 7.01. The van der Waals surface area contributed by atoms with Gasteiger partial charge in [0, 0.05) is 25.7 Å². The topological polar surface area (TPSA) is 32.3 Å². The van der Waals surface area contributed by atoms with E-state index < -0.39 is 0 Å². The molecule has 2 bridgehead atoms. The van der Waals surface area contributed by atoms with E-state index in [4.69, 9.17) is 0 Å². The Morgan fingerprint density at radius 2 is 1.96 bits per heavy atom. The molecule has 130 valence electrons. The van der Waals surface area contributed by atoms with E-state index in [9.17, 15) is 4.79 Å². The maximum atomic E-state index is 12.2. The molecule has 2 heterocycles. The van der Waals surface area contributed by atoms with Gasteiger partial charge in [0.2, 0.25) is 5.91 Å². The highest BCUT2D eigenvalue weighted by atomic mass is 16.2. The minimum Gasteiger partial charge on any atom is -0.352 e. The quantitative estimate of drug-likeness (QED) is 0.927. The molecule has 2 fully saturated rings. The monoisotopic (exact) mass is 334 g/mol. The fourth-order valence-electron chi connectivity index (χ4n) is 4.26. The van der Waals surface area contributed by atoms with Crippen molar-refractivity contribution >= 4 is 5.91 Å². The van der Waals surface area contributed by atoms with Crippen molar-refractivity contribution in [1.29, 1.82) is 0 Å². The zero-order valence-electron chi connectivity index (χ0n) is 14.9. The van der Waals surface area contributed by atoms with Gasteiger partial charge < -0.3 is 5.32 Å². The first-order chi connectivity index (χ1) is 12.2. The van der Waals surface area contributed by atoms with Crippen molar-refractivity contribution in [2.24, 2.45) is 5.92 Å². The van der Waals surface area contributed by atoms with E-state index in [2.05, 4.69) is 65.7 Å². The van der Waals surface area contributed by atoms with Crippen molar-refractivity contribution in [3.63, 3.8) is 0 Å². The average Bonchev–Trinajstić information content (AvgIpc) is 2.84. The lowest BCUT2D eigenvalue weighted by molar-refractivity contribution is -0.124. The van der Waals surface area contributed by atoms with Gasteiger partial charge in [0.15, 0.2) is 0 Å². The molecule has 1 amide bonds. The van der Waals surface area contributed by atoms with Crippen molar-refractivity contribution < 1.29 is 4.79 Å². The largest absolute Gasteiger partial charge is 0.352 e. The summed E-state index contributed by atoms with van der Waals surface area (Å²) in [5.74, 6) is 0.422. The van der Waals surface area contributed by atoms with Crippen LogP contribution in [0.4, 0.5) is 0 Å². The Kier molecular flexibility index (Phi) is 4.58. The number of likely N-dealkylation sites (tertiary alicyclic amines) is 1. The van der Waals surface area contributed by atoms with Crippen LogP contribution in [0.15, 0.2) is 48.5 Å². The van der Waals surface area contributed by atoms with Gasteiger partial charge in [-0.15, -0.1) is 0 Å². The summed E-state index contributed by atoms with van der Waals surface area (Å²) >= 11 is 0. The number of benzene rings is 2. The third-order valence-corrected chi connectivity index (χ3v) is 5.57. The van der Waals surface area contributed by atoms with Gasteiger partial charge >= 0.3 is 0 Å². The Hall–Kier alpha value is -2.13. The van der Waals surface area contributed by atoms with E-state index in [0.717, 1.165) is 32.5 Å². The van der Waals surface area contributed by atoms with Gasteiger partial charge in [-0.3, -0.25) is 9.69 Å². The van der Waals surface area contributed by atoms with E-state index >= 15 is 0 Å². The number of amides is 1. The van der Waals surface area contributed by atoms with Crippen LogP contribution < -0.4 is 5.32 Å². The molecule has 2 aliphatic heterocycles. The number of nitrogens with zero attached hydrogens (tertiary/aromatic N) is 1. The molecule has 3 nitrogen and oxygen atoms in total. The molecule has 2 atom stereocenters. The van der Waals surface area contributed by atoms with Crippen molar-refractivity contribution in [3.05, 3.63) is 59.7 Å². The summed E-state index contributed by atoms with van der Waals surface area (Å²) in [6.07, 6.45) is 3.31. The maximum absolute atomic E-state index is 12.2. The highest BCUT2D eigenvalue weighted by Gasteiger charge is 2.32. The van der Waals surface area contributed by atoms with Gasteiger partial charge in [-0.1, -0.05) is 48.9 Å². The minimum atomic E-state index is 0.159. The first kappa shape index (κ1) is 16.3. The summed E-state index contributed by atoms with van der Waals surface area (Å²) in [4.78, 5) is 14.7. The Bertz CT molecular complexity index is 770. The van der Waals surface area contributed by atoms with Crippen molar-refractivity contribution in [2.75, 3.05) is 13.1 Å². The van der Waals surface area contributed by atoms with Gasteiger partial charge in [-0.05, 0) is 48.1 Å². The molecule has 2 aromatic rings. The molecule has 25 heavy (non-hydrogen) atoms. The van der Waals surface area contributed by atoms with Gasteiger partial charge in [0.25, 0.3) is 0 Å². The van der Waals surface area contributed by atoms with E-state index in [1.165, 1.54) is 28.7 Å². The number of hydrogen-bond donors (Lipinski definition) is 1. The highest BCUT2D eigenvalue weighted by Crippen LogP contribution is 2.26. The molecule has 1 N–H and O–H groups in total. The lowest BCUT2D eigenvalue weighted by Crippen LogP contribution is -2.38. The van der Waals surface area contributed by atoms with Gasteiger partial charge in [0.05, 0.1) is 5.92 Å². The summed E-state index contributed by atoms with van der Waals surface area (Å²) in [7, 11) is 0. The Labute approximate surface area is 150 Å². The van der Waals surface area contributed by atoms with Crippen LogP contribution in [0.3, 0.4) is 0 Å². The second-order valence-corrected chi connectivity index (χ2v) is 7.54. The number of nitrogens with one attached hydrogen (secondary N) is 1. The van der Waals surface area contributed by atoms with Crippen LogP contribution in [0.5, 0.6) is 0 Å². The van der Waals surface area contributed by atoms with Crippen LogP contribution in [-0.4, -0.2) is 29.9 Å². The number of carbonyl (C=O) groups excluding carboxylic acids is 1. The molecule has 0 aliphatic carbocycles. The highest BCUT2D eigenvalue weighted by molar-refractivity contribution is 5.79. The molecule has 3 heteroatoms. The molecule has 2 saturated heterocycles. The van der Waals surface area contributed by atoms with Gasteiger partial charge in [-0.2, -0.15) is 0 Å². The zero-order valence-corrected chi connectivity index (χ0v) is 14.9. The SMILES string of the molecule is Cc1ccccc1-c1cccc(CN2C[C@H]3CCC[C@@H](C2)C(=O)N3)c1. The fourth-order valence-corrected chi connectivity index (χ4v) is 4.26. The summed E-state index contributed by atoms with van der Waals surface area (Å²) in [5, 5.41) is 3.22. The van der Waals surface area contributed by atoms with E-state index in [1.807, 2.05) is 0 Å². The molecule has 0 unspecified atom stereocenters. The molecule has 0 aromatic heterocycles. The molecule has 0 radical (unpaired) electrons. The molecule has 0 spiro atoms. The smallest absolute Gasteiger partial charge is 0.224 e. The normalized spacial score (nSPS) is 23.8. The van der Waals surface area contributed by atoms with Crippen LogP contribution in [0.25, 0.3) is 11.1 Å². The van der Waals surface area contributed by atoms with Gasteiger partial charge in [0.1, 0.15) is 0 Å². The van der Waals surface area contributed by atoms with Crippen molar-refractivity contribution in [1.82, 2.24) is 10.2 Å². The lowest BCUT2D eigenvalue weighted by atomic mass is 9.97. The van der Waals surface area contributed by atoms with Crippen LogP contribution in [0.2, 0.25) is 0 Å². The predicted octanol–water partition coefficient (Wildman–Crippen LogP) is 3.76. The van der Waals surface area contributed by atoms with Crippen LogP contribution >= 0.6 is 0 Å². The predicted molar refractivity (Wildman–Crippen MR) is 101 cm³/mol. The van der Waals surface area contributed by atoms with Crippen molar-refractivity contribution in [2.45, 2.75) is 38.8 Å². The van der Waals surface area contributed by atoms with Crippen molar-refractivity contribution in [3.8, 4) is 11.1 Å². The molecule has 2 aromatic carbocycles. The minimum absolute atomic E-state index is 0.159. The number of carbonyl (C=O) groups is 1. The first-order valence-corrected chi connectivity index (χ1v) is 9.37. The van der Waals surface area contributed by atoms with Crippen LogP contribution in [0.1, 0.15) is 30.4 Å². The summed E-state index contributed by atoms with van der Waals surface area (Å²) in [6, 6.07) is 17.7. The Balaban J connectivity index is 1.54. The fraction of sp³-hybridized carbons (Fsp3) is 0.409. The van der Waals surface area contributed by atoms with E-state index in [1.54, 1.807) is 0 Å². The lowest BCUT2D eigenvalue weighted by Gasteiger charge is -2.27. The standard InChI is InChI=1S/C22H26N2O/c1-16-6-2-3-11-21(16)18-8-4-7-17(12-18)13-24-14-19-9-5-10-20(15-24)23-22(19)25/h2-4,6-8,11-12,19-20H,5,9-10,13-15H2,1H3,(H,23,25)/t19-,20+/m0/s1. The number of aryl methyl sites for hydroxylation is 1. The Morgan fingerprint density at radius 3 is 2.84 bits per heavy atom. The van der Waals surface area contributed by atoms with E-state index in [0.29, 0.717) is 6.04 Å². The van der Waals surface area contributed by atoms with Crippen LogP contribution in [0, 0.1) is 12.8 Å². The zero-order chi connectivity index (χ0) is 17.2.